The molecule has 0 bridgehead atoms. The maximum atomic E-state index is 14.5. The van der Waals surface area contributed by atoms with Gasteiger partial charge in [-0.3, -0.25) is 9.78 Å². The highest BCUT2D eigenvalue weighted by molar-refractivity contribution is 9.10. The van der Waals surface area contributed by atoms with E-state index < -0.39 is 52.0 Å². The van der Waals surface area contributed by atoms with Crippen molar-refractivity contribution < 1.29 is 36.8 Å². The number of carboxylic acids is 1. The van der Waals surface area contributed by atoms with Crippen molar-refractivity contribution in [3.63, 3.8) is 0 Å². The lowest BCUT2D eigenvalue weighted by Gasteiger charge is -2.37. The van der Waals surface area contributed by atoms with Gasteiger partial charge >= 0.3 is 12.3 Å². The van der Waals surface area contributed by atoms with Gasteiger partial charge in [-0.1, -0.05) is 6.07 Å². The van der Waals surface area contributed by atoms with Crippen molar-refractivity contribution in [3.8, 4) is 5.75 Å². The molecule has 1 unspecified atom stereocenters. The van der Waals surface area contributed by atoms with Crippen LogP contribution in [0.1, 0.15) is 38.4 Å². The Hall–Kier alpha value is -1.89. The van der Waals surface area contributed by atoms with Crippen molar-refractivity contribution >= 4 is 33.3 Å². The van der Waals surface area contributed by atoms with Crippen molar-refractivity contribution in [2.45, 2.75) is 43.8 Å². The minimum absolute atomic E-state index is 0.0684. The Morgan fingerprint density at radius 3 is 2.42 bits per heavy atom. The van der Waals surface area contributed by atoms with Gasteiger partial charge in [0.25, 0.3) is 0 Å². The molecule has 0 amide bonds. The SMILES string of the molecule is CC(C)(C)[S@@+]([O-])NC(CC(=O)O)(c1ccc(OC(F)(F)F)c(F)c1)c1ncccc1Br. The zero-order valence-electron chi connectivity index (χ0n) is 16.6. The van der Waals surface area contributed by atoms with Crippen LogP contribution in [-0.2, 0) is 21.7 Å². The zero-order chi connectivity index (χ0) is 23.6. The van der Waals surface area contributed by atoms with E-state index in [1.807, 2.05) is 0 Å². The molecular formula is C19H19BrF4N2O4S. The number of carboxylic acid groups (broad SMARTS) is 1. The third kappa shape index (κ3) is 6.31. The first-order chi connectivity index (χ1) is 14.2. The maximum absolute atomic E-state index is 14.5. The molecule has 0 saturated heterocycles. The van der Waals surface area contributed by atoms with E-state index >= 15 is 0 Å². The molecule has 1 heterocycles. The van der Waals surface area contributed by atoms with Gasteiger partial charge in [0.15, 0.2) is 11.6 Å². The normalized spacial score (nSPS) is 15.3. The van der Waals surface area contributed by atoms with Crippen LogP contribution < -0.4 is 9.46 Å². The summed E-state index contributed by atoms with van der Waals surface area (Å²) in [5.74, 6) is -3.80. The summed E-state index contributed by atoms with van der Waals surface area (Å²) in [4.78, 5) is 16.0. The summed E-state index contributed by atoms with van der Waals surface area (Å²) >= 11 is 1.40. The van der Waals surface area contributed by atoms with Crippen LogP contribution >= 0.6 is 15.9 Å². The molecule has 0 radical (unpaired) electrons. The average Bonchev–Trinajstić information content (AvgIpc) is 2.61. The summed E-state index contributed by atoms with van der Waals surface area (Å²) in [6.45, 7) is 4.90. The quantitative estimate of drug-likeness (QED) is 0.402. The fraction of sp³-hybridized carbons (Fsp3) is 0.368. The van der Waals surface area contributed by atoms with Gasteiger partial charge in [-0.25, -0.2) is 4.39 Å². The lowest BCUT2D eigenvalue weighted by Crippen LogP contribution is -2.53. The van der Waals surface area contributed by atoms with Crippen LogP contribution in [0.4, 0.5) is 17.6 Å². The fourth-order valence-corrected chi connectivity index (χ4v) is 4.18. The number of nitrogens with zero attached hydrogens (tertiary/aromatic N) is 1. The van der Waals surface area contributed by atoms with E-state index in [4.69, 9.17) is 0 Å². The molecule has 31 heavy (non-hydrogen) atoms. The minimum atomic E-state index is -5.11. The van der Waals surface area contributed by atoms with E-state index in [0.29, 0.717) is 10.5 Å². The standard InChI is InChI=1S/C19H19BrF4N2O4S/c1-17(2,3)31(29)26-18(10-15(27)28,16-12(20)5-4-8-25-16)11-6-7-14(13(21)9-11)30-19(22,23)24/h4-9,26H,10H2,1-3H3,(H,27,28)/t18?,31-/m1/s1. The van der Waals surface area contributed by atoms with Crippen LogP contribution in [0.3, 0.4) is 0 Å². The van der Waals surface area contributed by atoms with E-state index in [9.17, 15) is 32.0 Å². The second-order valence-electron chi connectivity index (χ2n) is 7.49. The van der Waals surface area contributed by atoms with Gasteiger partial charge in [0.05, 0.1) is 12.1 Å². The number of halogens is 5. The van der Waals surface area contributed by atoms with Gasteiger partial charge < -0.3 is 14.4 Å². The second-order valence-corrected chi connectivity index (χ2v) is 10.3. The first-order valence-electron chi connectivity index (χ1n) is 8.74. The van der Waals surface area contributed by atoms with Gasteiger partial charge in [0, 0.05) is 22.0 Å². The summed E-state index contributed by atoms with van der Waals surface area (Å²) in [5, 5.41) is 9.61. The molecule has 1 aromatic carbocycles. The van der Waals surface area contributed by atoms with Crippen molar-refractivity contribution in [1.82, 2.24) is 9.71 Å². The molecule has 6 nitrogen and oxygen atoms in total. The molecule has 170 valence electrons. The Kier molecular flexibility index (Phi) is 7.62. The highest BCUT2D eigenvalue weighted by Crippen LogP contribution is 2.40. The number of hydrogen-bond acceptors (Lipinski definition) is 5. The minimum Gasteiger partial charge on any atom is -0.598 e. The van der Waals surface area contributed by atoms with Crippen molar-refractivity contribution in [2.75, 3.05) is 0 Å². The summed E-state index contributed by atoms with van der Waals surface area (Å²) < 4.78 is 70.9. The number of aromatic nitrogens is 1. The highest BCUT2D eigenvalue weighted by atomic mass is 79.9. The molecule has 0 saturated carbocycles. The Balaban J connectivity index is 2.75. The molecule has 2 aromatic rings. The lowest BCUT2D eigenvalue weighted by atomic mass is 9.84. The third-order valence-electron chi connectivity index (χ3n) is 4.05. The molecule has 0 aliphatic rings. The Morgan fingerprint density at radius 1 is 1.29 bits per heavy atom. The third-order valence-corrected chi connectivity index (χ3v) is 6.34. The van der Waals surface area contributed by atoms with Crippen LogP contribution in [0.2, 0.25) is 0 Å². The molecule has 2 rings (SSSR count). The number of carbonyl (C=O) groups is 1. The van der Waals surface area contributed by atoms with Gasteiger partial charge in [-0.2, -0.15) is 0 Å². The predicted octanol–water partition coefficient (Wildman–Crippen LogP) is 4.65. The molecule has 0 spiro atoms. The molecule has 12 heteroatoms. The monoisotopic (exact) mass is 526 g/mol. The van der Waals surface area contributed by atoms with E-state index in [1.165, 1.54) is 6.20 Å². The number of rotatable bonds is 7. The predicted molar refractivity (Wildman–Crippen MR) is 109 cm³/mol. The maximum Gasteiger partial charge on any atom is 0.573 e. The van der Waals surface area contributed by atoms with Gasteiger partial charge in [0.2, 0.25) is 0 Å². The van der Waals surface area contributed by atoms with Crippen LogP contribution in [0.25, 0.3) is 0 Å². The van der Waals surface area contributed by atoms with Crippen LogP contribution in [0.5, 0.6) is 5.75 Å². The number of alkyl halides is 3. The van der Waals surface area contributed by atoms with Crippen molar-refractivity contribution in [3.05, 3.63) is 58.1 Å². The van der Waals surface area contributed by atoms with Crippen LogP contribution in [0.15, 0.2) is 41.0 Å². The summed E-state index contributed by atoms with van der Waals surface area (Å²) in [7, 11) is 0. The molecule has 2 N–H and O–H groups in total. The molecular weight excluding hydrogens is 508 g/mol. The average molecular weight is 527 g/mol. The Bertz CT molecular complexity index is 955. The summed E-state index contributed by atoms with van der Waals surface area (Å²) in [6, 6.07) is 5.62. The molecule has 1 aromatic heterocycles. The van der Waals surface area contributed by atoms with Crippen LogP contribution in [-0.4, -0.2) is 31.7 Å². The second kappa shape index (κ2) is 9.31. The zero-order valence-corrected chi connectivity index (χ0v) is 19.0. The first kappa shape index (κ1) is 25.4. The Morgan fingerprint density at radius 2 is 1.94 bits per heavy atom. The van der Waals surface area contributed by atoms with Gasteiger partial charge in [0.1, 0.15) is 10.3 Å². The lowest BCUT2D eigenvalue weighted by molar-refractivity contribution is -0.275. The number of benzene rings is 1. The molecule has 0 fully saturated rings. The van der Waals surface area contributed by atoms with Crippen molar-refractivity contribution in [1.29, 1.82) is 0 Å². The molecule has 0 aliphatic carbocycles. The number of pyridine rings is 1. The fourth-order valence-electron chi connectivity index (χ4n) is 2.68. The smallest absolute Gasteiger partial charge is 0.573 e. The topological polar surface area (TPSA) is 94.5 Å². The number of hydrogen-bond donors (Lipinski definition) is 2. The van der Waals surface area contributed by atoms with E-state index in [2.05, 4.69) is 30.4 Å². The summed E-state index contributed by atoms with van der Waals surface area (Å²) in [6.07, 6.45) is -4.49. The van der Waals surface area contributed by atoms with Crippen molar-refractivity contribution in [2.24, 2.45) is 0 Å². The largest absolute Gasteiger partial charge is 0.598 e. The first-order valence-corrected chi connectivity index (χ1v) is 10.7. The number of ether oxygens (including phenoxy) is 1. The highest BCUT2D eigenvalue weighted by Gasteiger charge is 2.46. The van der Waals surface area contributed by atoms with E-state index in [0.717, 1.165) is 12.1 Å². The van der Waals surface area contributed by atoms with E-state index in [-0.39, 0.29) is 11.3 Å². The summed E-state index contributed by atoms with van der Waals surface area (Å²) in [5.41, 5.74) is -1.88. The number of nitrogens with one attached hydrogen (secondary N) is 1. The molecule has 0 aliphatic heterocycles. The van der Waals surface area contributed by atoms with Gasteiger partial charge in [-0.05, 0) is 66.5 Å². The number of aliphatic carboxylic acids is 1. The Labute approximate surface area is 187 Å². The van der Waals surface area contributed by atoms with Gasteiger partial charge in [-0.15, -0.1) is 17.9 Å². The van der Waals surface area contributed by atoms with Crippen LogP contribution in [0, 0.1) is 5.82 Å². The molecule has 2 atom stereocenters. The van der Waals surface area contributed by atoms with E-state index in [1.54, 1.807) is 32.9 Å².